The Labute approximate surface area is 103 Å². The lowest BCUT2D eigenvalue weighted by atomic mass is 10.0. The van der Waals surface area contributed by atoms with Crippen LogP contribution in [0.4, 0.5) is 0 Å². The fourth-order valence-corrected chi connectivity index (χ4v) is 2.33. The number of ether oxygens (including phenoxy) is 1. The van der Waals surface area contributed by atoms with Gasteiger partial charge >= 0.3 is 0 Å². The fraction of sp³-hybridized carbons (Fsp3) is 0.909. The minimum atomic E-state index is -0.181. The van der Waals surface area contributed by atoms with Crippen molar-refractivity contribution in [3.8, 4) is 0 Å². The molecule has 5 heteroatoms. The minimum Gasteiger partial charge on any atom is -0.372 e. The summed E-state index contributed by atoms with van der Waals surface area (Å²) >= 11 is 0. The second-order valence-electron chi connectivity index (χ2n) is 5.06. The number of amides is 1. The summed E-state index contributed by atoms with van der Waals surface area (Å²) in [5, 5.41) is 3.23. The molecule has 2 saturated heterocycles. The highest BCUT2D eigenvalue weighted by Crippen LogP contribution is 2.20. The van der Waals surface area contributed by atoms with Crippen LogP contribution in [-0.4, -0.2) is 49.2 Å². The van der Waals surface area contributed by atoms with Gasteiger partial charge in [-0.1, -0.05) is 0 Å². The molecule has 0 spiro atoms. The molecule has 0 bridgehead atoms. The Morgan fingerprint density at radius 3 is 2.81 bits per heavy atom. The van der Waals surface area contributed by atoms with Gasteiger partial charge in [-0.25, -0.2) is 0 Å². The molecule has 0 aromatic carbocycles. The van der Waals surface area contributed by atoms with Crippen LogP contribution in [0.3, 0.4) is 0 Å². The quantitative estimate of drug-likeness (QED) is 0.741. The number of carbonyl (C=O) groups is 1. The number of rotatable bonds is 1. The van der Waals surface area contributed by atoms with E-state index in [2.05, 4.69) is 5.32 Å². The summed E-state index contributed by atoms with van der Waals surface area (Å²) in [6, 6.07) is 0. The molecule has 0 aromatic heterocycles. The number of halogens is 1. The van der Waals surface area contributed by atoms with Gasteiger partial charge in [0.1, 0.15) is 0 Å². The first kappa shape index (κ1) is 13.7. The van der Waals surface area contributed by atoms with E-state index in [9.17, 15) is 4.79 Å². The molecule has 0 aromatic rings. The largest absolute Gasteiger partial charge is 0.372 e. The second-order valence-corrected chi connectivity index (χ2v) is 5.06. The first-order chi connectivity index (χ1) is 7.08. The average molecular weight is 249 g/mol. The molecular formula is C11H21ClN2O2. The van der Waals surface area contributed by atoms with Crippen LogP contribution in [0.2, 0.25) is 0 Å². The monoisotopic (exact) mass is 248 g/mol. The van der Waals surface area contributed by atoms with E-state index in [1.54, 1.807) is 0 Å². The van der Waals surface area contributed by atoms with Crippen LogP contribution >= 0.6 is 12.4 Å². The number of hydrogen-bond acceptors (Lipinski definition) is 3. The van der Waals surface area contributed by atoms with Gasteiger partial charge in [-0.05, 0) is 26.8 Å². The summed E-state index contributed by atoms with van der Waals surface area (Å²) in [6.07, 6.45) is 0.983. The highest BCUT2D eigenvalue weighted by molar-refractivity contribution is 5.85. The van der Waals surface area contributed by atoms with E-state index >= 15 is 0 Å². The second kappa shape index (κ2) is 5.34. The topological polar surface area (TPSA) is 41.6 Å². The molecule has 0 radical (unpaired) electrons. The van der Waals surface area contributed by atoms with Crippen molar-refractivity contribution in [1.29, 1.82) is 0 Å². The predicted octanol–water partition coefficient (Wildman–Crippen LogP) is 0.655. The maximum absolute atomic E-state index is 12.1. The summed E-state index contributed by atoms with van der Waals surface area (Å²) < 4.78 is 5.60. The zero-order valence-electron chi connectivity index (χ0n) is 9.99. The molecule has 2 aliphatic heterocycles. The molecular weight excluding hydrogens is 228 g/mol. The highest BCUT2D eigenvalue weighted by Gasteiger charge is 2.33. The summed E-state index contributed by atoms with van der Waals surface area (Å²) in [5.74, 6) is 0.496. The van der Waals surface area contributed by atoms with Gasteiger partial charge in [0, 0.05) is 19.6 Å². The Balaban J connectivity index is 0.00000128. The first-order valence-electron chi connectivity index (χ1n) is 5.72. The maximum atomic E-state index is 12.1. The van der Waals surface area contributed by atoms with Crippen molar-refractivity contribution in [1.82, 2.24) is 10.2 Å². The number of carbonyl (C=O) groups excluding carboxylic acids is 1. The molecule has 94 valence electrons. The zero-order valence-corrected chi connectivity index (χ0v) is 10.8. The summed E-state index contributed by atoms with van der Waals surface area (Å²) in [4.78, 5) is 14.1. The van der Waals surface area contributed by atoms with Gasteiger partial charge in [0.05, 0.1) is 18.1 Å². The van der Waals surface area contributed by atoms with E-state index in [-0.39, 0.29) is 23.9 Å². The van der Waals surface area contributed by atoms with E-state index < -0.39 is 0 Å². The lowest BCUT2D eigenvalue weighted by Gasteiger charge is -2.39. The van der Waals surface area contributed by atoms with Crippen LogP contribution in [0.15, 0.2) is 0 Å². The van der Waals surface area contributed by atoms with Crippen molar-refractivity contribution in [2.45, 2.75) is 25.9 Å². The van der Waals surface area contributed by atoms with Crippen molar-refractivity contribution in [2.75, 3.05) is 32.8 Å². The first-order valence-corrected chi connectivity index (χ1v) is 5.72. The van der Waals surface area contributed by atoms with Crippen LogP contribution in [0, 0.1) is 5.92 Å². The van der Waals surface area contributed by atoms with Gasteiger partial charge in [-0.3, -0.25) is 4.79 Å². The van der Waals surface area contributed by atoms with Crippen LogP contribution in [0.1, 0.15) is 20.3 Å². The number of hydrogen-bond donors (Lipinski definition) is 1. The third-order valence-corrected chi connectivity index (χ3v) is 3.15. The SMILES string of the molecule is CC1(C)CN(C(=O)[C@H]2CCNC2)CCO1.Cl. The molecule has 2 fully saturated rings. The van der Waals surface area contributed by atoms with Crippen molar-refractivity contribution in [3.63, 3.8) is 0 Å². The minimum absolute atomic E-state index is 0. The normalized spacial score (nSPS) is 28.6. The molecule has 1 N–H and O–H groups in total. The van der Waals surface area contributed by atoms with Gasteiger partial charge in [0.25, 0.3) is 0 Å². The van der Waals surface area contributed by atoms with Crippen LogP contribution in [0.5, 0.6) is 0 Å². The van der Waals surface area contributed by atoms with Crippen LogP contribution in [-0.2, 0) is 9.53 Å². The molecule has 0 unspecified atom stereocenters. The number of nitrogens with one attached hydrogen (secondary N) is 1. The molecule has 16 heavy (non-hydrogen) atoms. The van der Waals surface area contributed by atoms with E-state index in [0.717, 1.165) is 32.6 Å². The molecule has 2 rings (SSSR count). The third-order valence-electron chi connectivity index (χ3n) is 3.15. The summed E-state index contributed by atoms with van der Waals surface area (Å²) in [7, 11) is 0. The molecule has 1 atom stereocenters. The van der Waals surface area contributed by atoms with Crippen molar-refractivity contribution in [3.05, 3.63) is 0 Å². The molecule has 0 saturated carbocycles. The Morgan fingerprint density at radius 2 is 2.25 bits per heavy atom. The average Bonchev–Trinajstić information content (AvgIpc) is 2.67. The molecule has 2 aliphatic rings. The third kappa shape index (κ3) is 3.09. The number of nitrogens with zero attached hydrogens (tertiary/aromatic N) is 1. The van der Waals surface area contributed by atoms with Crippen LogP contribution < -0.4 is 5.32 Å². The van der Waals surface area contributed by atoms with Gasteiger partial charge in [0.15, 0.2) is 0 Å². The van der Waals surface area contributed by atoms with Gasteiger partial charge in [-0.15, -0.1) is 12.4 Å². The van der Waals surface area contributed by atoms with Crippen LogP contribution in [0.25, 0.3) is 0 Å². The Bertz CT molecular complexity index is 252. The lowest BCUT2D eigenvalue weighted by Crippen LogP contribution is -2.52. The van der Waals surface area contributed by atoms with Gasteiger partial charge in [-0.2, -0.15) is 0 Å². The smallest absolute Gasteiger partial charge is 0.227 e. The summed E-state index contributed by atoms with van der Waals surface area (Å²) in [5.41, 5.74) is -0.181. The van der Waals surface area contributed by atoms with E-state index in [1.807, 2.05) is 18.7 Å². The Hall–Kier alpha value is -0.320. The molecule has 1 amide bonds. The fourth-order valence-electron chi connectivity index (χ4n) is 2.33. The maximum Gasteiger partial charge on any atom is 0.227 e. The van der Waals surface area contributed by atoms with Gasteiger partial charge in [0.2, 0.25) is 5.91 Å². The van der Waals surface area contributed by atoms with E-state index in [1.165, 1.54) is 0 Å². The van der Waals surface area contributed by atoms with E-state index in [4.69, 9.17) is 4.74 Å². The standard InChI is InChI=1S/C11H20N2O2.ClH/c1-11(2)8-13(5-6-15-11)10(14)9-3-4-12-7-9;/h9,12H,3-8H2,1-2H3;1H/t9-;/m0./s1. The van der Waals surface area contributed by atoms with Crippen molar-refractivity contribution < 1.29 is 9.53 Å². The van der Waals surface area contributed by atoms with Crippen molar-refractivity contribution in [2.24, 2.45) is 5.92 Å². The molecule has 0 aliphatic carbocycles. The number of morpholine rings is 1. The summed E-state index contributed by atoms with van der Waals surface area (Å²) in [6.45, 7) is 8.04. The molecule has 2 heterocycles. The Kier molecular flexibility index (Phi) is 4.59. The predicted molar refractivity (Wildman–Crippen MR) is 64.8 cm³/mol. The van der Waals surface area contributed by atoms with Gasteiger partial charge < -0.3 is 15.0 Å². The Morgan fingerprint density at radius 1 is 1.50 bits per heavy atom. The van der Waals surface area contributed by atoms with E-state index in [0.29, 0.717) is 12.5 Å². The zero-order chi connectivity index (χ0) is 10.9. The lowest BCUT2D eigenvalue weighted by molar-refractivity contribution is -0.149. The van der Waals surface area contributed by atoms with Crippen molar-refractivity contribution >= 4 is 18.3 Å². The molecule has 4 nitrogen and oxygen atoms in total. The highest BCUT2D eigenvalue weighted by atomic mass is 35.5.